The maximum Gasteiger partial charge on any atom is 0.240 e. The number of hydrogen-bond donors (Lipinski definition) is 0. The summed E-state index contributed by atoms with van der Waals surface area (Å²) < 4.78 is 10.3. The van der Waals surface area contributed by atoms with Crippen molar-refractivity contribution in [3.63, 3.8) is 0 Å². The highest BCUT2D eigenvalue weighted by Crippen LogP contribution is 2.42. The van der Waals surface area contributed by atoms with Gasteiger partial charge in [0.25, 0.3) is 0 Å². The van der Waals surface area contributed by atoms with E-state index in [9.17, 15) is 0 Å². The Labute approximate surface area is 120 Å². The number of methoxy groups -OCH3 is 1. The largest absolute Gasteiger partial charge is 0.377 e. The normalized spacial score (nSPS) is 27.6. The van der Waals surface area contributed by atoms with Crippen LogP contribution in [0.15, 0.2) is 4.52 Å². The monoisotopic (exact) mass is 280 g/mol. The number of likely N-dealkylation sites (N-methyl/N-ethyl adjacent to an activating group) is 1. The summed E-state index contributed by atoms with van der Waals surface area (Å²) in [6.45, 7) is 3.41. The molecule has 112 valence electrons. The third kappa shape index (κ3) is 3.02. The highest BCUT2D eigenvalue weighted by Gasteiger charge is 2.43. The van der Waals surface area contributed by atoms with Crippen LogP contribution >= 0.6 is 0 Å². The van der Waals surface area contributed by atoms with Crippen molar-refractivity contribution in [1.82, 2.24) is 19.9 Å². The van der Waals surface area contributed by atoms with Crippen LogP contribution in [0.3, 0.4) is 0 Å². The Morgan fingerprint density at radius 3 is 2.80 bits per heavy atom. The van der Waals surface area contributed by atoms with Crippen LogP contribution < -0.4 is 0 Å². The molecule has 0 spiro atoms. The van der Waals surface area contributed by atoms with Crippen molar-refractivity contribution in [3.8, 4) is 0 Å². The molecule has 1 aliphatic carbocycles. The summed E-state index contributed by atoms with van der Waals surface area (Å²) in [5, 5.41) is 3.92. The summed E-state index contributed by atoms with van der Waals surface area (Å²) in [6, 6.07) is 0.656. The van der Waals surface area contributed by atoms with Gasteiger partial charge < -0.3 is 14.2 Å². The molecule has 20 heavy (non-hydrogen) atoms. The van der Waals surface area contributed by atoms with Gasteiger partial charge >= 0.3 is 0 Å². The molecule has 2 atom stereocenters. The second-order valence-corrected chi connectivity index (χ2v) is 6.26. The molecule has 0 amide bonds. The SMILES string of the molecule is COCc1noc(CN2CC(C3CC3)C(N(C)C)C2)n1. The number of ether oxygens (including phenoxy) is 1. The Morgan fingerprint density at radius 2 is 2.15 bits per heavy atom. The van der Waals surface area contributed by atoms with E-state index in [0.717, 1.165) is 31.5 Å². The molecule has 2 fully saturated rings. The van der Waals surface area contributed by atoms with Crippen LogP contribution in [-0.4, -0.2) is 60.3 Å². The van der Waals surface area contributed by atoms with E-state index in [0.29, 0.717) is 24.4 Å². The van der Waals surface area contributed by atoms with Crippen molar-refractivity contribution in [2.24, 2.45) is 11.8 Å². The summed E-state index contributed by atoms with van der Waals surface area (Å²) in [5.41, 5.74) is 0. The molecule has 1 aromatic rings. The Morgan fingerprint density at radius 1 is 1.35 bits per heavy atom. The summed E-state index contributed by atoms with van der Waals surface area (Å²) in [7, 11) is 6.01. The first-order chi connectivity index (χ1) is 9.67. The van der Waals surface area contributed by atoms with E-state index >= 15 is 0 Å². The zero-order valence-corrected chi connectivity index (χ0v) is 12.6. The minimum atomic E-state index is 0.411. The van der Waals surface area contributed by atoms with Gasteiger partial charge in [-0.15, -0.1) is 0 Å². The zero-order chi connectivity index (χ0) is 14.1. The first-order valence-electron chi connectivity index (χ1n) is 7.36. The minimum Gasteiger partial charge on any atom is -0.377 e. The molecule has 1 saturated carbocycles. The molecule has 2 unspecified atom stereocenters. The van der Waals surface area contributed by atoms with Crippen molar-refractivity contribution in [3.05, 3.63) is 11.7 Å². The topological polar surface area (TPSA) is 54.6 Å². The lowest BCUT2D eigenvalue weighted by molar-refractivity contribution is 0.174. The summed E-state index contributed by atoms with van der Waals surface area (Å²) >= 11 is 0. The number of hydrogen-bond acceptors (Lipinski definition) is 6. The van der Waals surface area contributed by atoms with Gasteiger partial charge in [0.1, 0.15) is 6.61 Å². The average molecular weight is 280 g/mol. The maximum absolute atomic E-state index is 5.29. The molecule has 1 saturated heterocycles. The summed E-state index contributed by atoms with van der Waals surface area (Å²) in [5.74, 6) is 3.06. The molecule has 3 rings (SSSR count). The molecular formula is C14H24N4O2. The zero-order valence-electron chi connectivity index (χ0n) is 12.6. The molecule has 2 heterocycles. The number of nitrogens with zero attached hydrogens (tertiary/aromatic N) is 4. The van der Waals surface area contributed by atoms with Crippen LogP contribution in [-0.2, 0) is 17.9 Å². The smallest absolute Gasteiger partial charge is 0.240 e. The standard InChI is InChI=1S/C14H24N4O2/c1-17(2)12-7-18(6-11(12)10-4-5-10)8-14-15-13(9-19-3)16-20-14/h10-12H,4-9H2,1-3H3. The van der Waals surface area contributed by atoms with Crippen LogP contribution in [0, 0.1) is 11.8 Å². The predicted octanol–water partition coefficient (Wildman–Crippen LogP) is 0.988. The second kappa shape index (κ2) is 5.79. The van der Waals surface area contributed by atoms with E-state index in [1.165, 1.54) is 12.8 Å². The molecule has 1 aromatic heterocycles. The van der Waals surface area contributed by atoms with Crippen LogP contribution in [0.1, 0.15) is 24.6 Å². The molecule has 0 aromatic carbocycles. The fourth-order valence-electron chi connectivity index (χ4n) is 3.29. The Kier molecular flexibility index (Phi) is 4.05. The number of rotatable bonds is 6. The molecule has 6 heteroatoms. The lowest BCUT2D eigenvalue weighted by Gasteiger charge is -2.24. The van der Waals surface area contributed by atoms with E-state index in [4.69, 9.17) is 9.26 Å². The van der Waals surface area contributed by atoms with Crippen molar-refractivity contribution in [2.45, 2.75) is 32.0 Å². The van der Waals surface area contributed by atoms with Gasteiger partial charge in [-0.25, -0.2) is 0 Å². The van der Waals surface area contributed by atoms with Gasteiger partial charge in [0.2, 0.25) is 5.89 Å². The minimum absolute atomic E-state index is 0.411. The lowest BCUT2D eigenvalue weighted by Crippen LogP contribution is -2.36. The van der Waals surface area contributed by atoms with E-state index in [1.54, 1.807) is 7.11 Å². The molecule has 6 nitrogen and oxygen atoms in total. The average Bonchev–Trinajstić information content (AvgIpc) is 3.02. The predicted molar refractivity (Wildman–Crippen MR) is 74.0 cm³/mol. The van der Waals surface area contributed by atoms with Crippen molar-refractivity contribution in [1.29, 1.82) is 0 Å². The summed E-state index contributed by atoms with van der Waals surface area (Å²) in [4.78, 5) is 9.17. The third-order valence-corrected chi connectivity index (χ3v) is 4.44. The highest BCUT2D eigenvalue weighted by molar-refractivity contribution is 4.98. The van der Waals surface area contributed by atoms with Gasteiger partial charge in [-0.1, -0.05) is 5.16 Å². The number of likely N-dealkylation sites (tertiary alicyclic amines) is 1. The highest BCUT2D eigenvalue weighted by atomic mass is 16.5. The van der Waals surface area contributed by atoms with E-state index in [1.807, 2.05) is 0 Å². The van der Waals surface area contributed by atoms with Crippen LogP contribution in [0.2, 0.25) is 0 Å². The molecule has 0 radical (unpaired) electrons. The van der Waals surface area contributed by atoms with Crippen molar-refractivity contribution >= 4 is 0 Å². The van der Waals surface area contributed by atoms with Crippen LogP contribution in [0.5, 0.6) is 0 Å². The molecule has 0 bridgehead atoms. The van der Waals surface area contributed by atoms with Crippen molar-refractivity contribution < 1.29 is 9.26 Å². The molecule has 0 N–H and O–H groups in total. The van der Waals surface area contributed by atoms with E-state index in [2.05, 4.69) is 34.0 Å². The number of aromatic nitrogens is 2. The first-order valence-corrected chi connectivity index (χ1v) is 7.36. The van der Waals surface area contributed by atoms with Gasteiger partial charge in [-0.05, 0) is 38.8 Å². The Bertz CT molecular complexity index is 434. The fourth-order valence-corrected chi connectivity index (χ4v) is 3.29. The van der Waals surface area contributed by atoms with E-state index in [-0.39, 0.29) is 0 Å². The molecule has 2 aliphatic rings. The van der Waals surface area contributed by atoms with Crippen LogP contribution in [0.4, 0.5) is 0 Å². The second-order valence-electron chi connectivity index (χ2n) is 6.26. The van der Waals surface area contributed by atoms with Crippen molar-refractivity contribution in [2.75, 3.05) is 34.3 Å². The fraction of sp³-hybridized carbons (Fsp3) is 0.857. The summed E-state index contributed by atoms with van der Waals surface area (Å²) in [6.07, 6.45) is 2.81. The third-order valence-electron chi connectivity index (χ3n) is 4.44. The Balaban J connectivity index is 1.60. The molecular weight excluding hydrogens is 256 g/mol. The molecule has 1 aliphatic heterocycles. The first kappa shape index (κ1) is 14.0. The van der Waals surface area contributed by atoms with Crippen LogP contribution in [0.25, 0.3) is 0 Å². The van der Waals surface area contributed by atoms with Gasteiger partial charge in [0.05, 0.1) is 6.54 Å². The Hall–Kier alpha value is -0.980. The maximum atomic E-state index is 5.29. The quantitative estimate of drug-likeness (QED) is 0.774. The van der Waals surface area contributed by atoms with Gasteiger partial charge in [0, 0.05) is 26.2 Å². The van der Waals surface area contributed by atoms with Gasteiger partial charge in [-0.3, -0.25) is 4.90 Å². The van der Waals surface area contributed by atoms with Gasteiger partial charge in [0.15, 0.2) is 5.82 Å². The lowest BCUT2D eigenvalue weighted by atomic mass is 9.97. The van der Waals surface area contributed by atoms with Gasteiger partial charge in [-0.2, -0.15) is 4.98 Å². The van der Waals surface area contributed by atoms with E-state index < -0.39 is 0 Å².